The van der Waals surface area contributed by atoms with E-state index in [4.69, 9.17) is 26.2 Å². The maximum absolute atomic E-state index is 12.5. The van der Waals surface area contributed by atoms with Gasteiger partial charge in [-0.25, -0.2) is 0 Å². The standard InChI is InChI=1S/C16H20ClNO5/c1-2-12(23-13-6-4-3-5-11(13)17)15(21)18-16(9-14(19)20)7-8-22-10-16/h3-6,12H,2,7-10H2,1H3,(H,18,21)(H,19,20). The molecule has 2 N–H and O–H groups in total. The molecule has 7 heteroatoms. The van der Waals surface area contributed by atoms with Crippen LogP contribution < -0.4 is 10.1 Å². The Morgan fingerprint density at radius 1 is 1.48 bits per heavy atom. The van der Waals surface area contributed by atoms with Crippen molar-refractivity contribution in [2.45, 2.75) is 37.8 Å². The van der Waals surface area contributed by atoms with Crippen molar-refractivity contribution in [3.8, 4) is 5.75 Å². The van der Waals surface area contributed by atoms with E-state index in [0.29, 0.717) is 30.2 Å². The molecule has 0 radical (unpaired) electrons. The summed E-state index contributed by atoms with van der Waals surface area (Å²) in [5.41, 5.74) is -0.875. The Bertz CT molecular complexity index is 571. The van der Waals surface area contributed by atoms with Gasteiger partial charge in [0.25, 0.3) is 5.91 Å². The lowest BCUT2D eigenvalue weighted by atomic mass is 9.94. The highest BCUT2D eigenvalue weighted by Gasteiger charge is 2.40. The Kier molecular flexibility index (Phi) is 5.85. The van der Waals surface area contributed by atoms with Crippen LogP contribution in [0.15, 0.2) is 24.3 Å². The smallest absolute Gasteiger partial charge is 0.305 e. The topological polar surface area (TPSA) is 84.9 Å². The van der Waals surface area contributed by atoms with Gasteiger partial charge in [0.05, 0.1) is 23.6 Å². The lowest BCUT2D eigenvalue weighted by molar-refractivity contribution is -0.139. The van der Waals surface area contributed by atoms with Crippen molar-refractivity contribution in [2.75, 3.05) is 13.2 Å². The first-order valence-electron chi connectivity index (χ1n) is 7.48. The molecule has 0 saturated carbocycles. The van der Waals surface area contributed by atoms with Crippen LogP contribution in [0, 0.1) is 0 Å². The molecule has 1 fully saturated rings. The Morgan fingerprint density at radius 3 is 2.78 bits per heavy atom. The molecular weight excluding hydrogens is 322 g/mol. The minimum atomic E-state index is -0.976. The zero-order valence-electron chi connectivity index (χ0n) is 12.9. The number of carbonyl (C=O) groups is 2. The van der Waals surface area contributed by atoms with Gasteiger partial charge in [0.2, 0.25) is 0 Å². The summed E-state index contributed by atoms with van der Waals surface area (Å²) < 4.78 is 11.0. The lowest BCUT2D eigenvalue weighted by Crippen LogP contribution is -2.54. The normalized spacial score (nSPS) is 21.7. The molecule has 23 heavy (non-hydrogen) atoms. The van der Waals surface area contributed by atoms with Gasteiger partial charge in [-0.2, -0.15) is 0 Å². The number of amides is 1. The first-order chi connectivity index (χ1) is 11.0. The highest BCUT2D eigenvalue weighted by molar-refractivity contribution is 6.32. The number of nitrogens with one attached hydrogen (secondary N) is 1. The summed E-state index contributed by atoms with van der Waals surface area (Å²) in [6.45, 7) is 2.43. The molecular formula is C16H20ClNO5. The van der Waals surface area contributed by atoms with E-state index >= 15 is 0 Å². The van der Waals surface area contributed by atoms with Crippen LogP contribution in [0.25, 0.3) is 0 Å². The van der Waals surface area contributed by atoms with Crippen LogP contribution >= 0.6 is 11.6 Å². The van der Waals surface area contributed by atoms with Gasteiger partial charge in [0.15, 0.2) is 6.10 Å². The van der Waals surface area contributed by atoms with Crippen LogP contribution in [0.1, 0.15) is 26.2 Å². The van der Waals surface area contributed by atoms with Crippen LogP contribution in [0.2, 0.25) is 5.02 Å². The molecule has 1 heterocycles. The predicted molar refractivity (Wildman–Crippen MR) is 84.7 cm³/mol. The first-order valence-corrected chi connectivity index (χ1v) is 7.86. The molecule has 126 valence electrons. The summed E-state index contributed by atoms with van der Waals surface area (Å²) in [4.78, 5) is 23.6. The Balaban J connectivity index is 2.07. The fourth-order valence-electron chi connectivity index (χ4n) is 2.54. The molecule has 2 rings (SSSR count). The van der Waals surface area contributed by atoms with Gasteiger partial charge in [0.1, 0.15) is 5.75 Å². The minimum absolute atomic E-state index is 0.179. The molecule has 1 aromatic carbocycles. The molecule has 1 aromatic rings. The third kappa shape index (κ3) is 4.59. The summed E-state index contributed by atoms with van der Waals surface area (Å²) in [5.74, 6) is -0.916. The maximum Gasteiger partial charge on any atom is 0.305 e. The van der Waals surface area contributed by atoms with Gasteiger partial charge >= 0.3 is 5.97 Å². The number of hydrogen-bond acceptors (Lipinski definition) is 4. The van der Waals surface area contributed by atoms with Crippen LogP contribution in [0.3, 0.4) is 0 Å². The number of carbonyl (C=O) groups excluding carboxylic acids is 1. The number of benzene rings is 1. The van der Waals surface area contributed by atoms with Gasteiger partial charge < -0.3 is 19.9 Å². The molecule has 0 bridgehead atoms. The number of hydrogen-bond donors (Lipinski definition) is 2. The highest BCUT2D eigenvalue weighted by atomic mass is 35.5. The van der Waals surface area contributed by atoms with E-state index in [1.54, 1.807) is 24.3 Å². The van der Waals surface area contributed by atoms with Gasteiger partial charge in [-0.15, -0.1) is 0 Å². The number of ether oxygens (including phenoxy) is 2. The van der Waals surface area contributed by atoms with E-state index in [1.807, 2.05) is 6.92 Å². The first kappa shape index (κ1) is 17.6. The molecule has 2 atom stereocenters. The molecule has 0 spiro atoms. The van der Waals surface area contributed by atoms with Gasteiger partial charge in [-0.3, -0.25) is 9.59 Å². The van der Waals surface area contributed by atoms with Crippen LogP contribution in [0.5, 0.6) is 5.75 Å². The predicted octanol–water partition coefficient (Wildman–Crippen LogP) is 2.25. The van der Waals surface area contributed by atoms with Gasteiger partial charge in [-0.05, 0) is 25.0 Å². The van der Waals surface area contributed by atoms with Crippen LogP contribution in [-0.4, -0.2) is 41.8 Å². The van der Waals surface area contributed by atoms with Crippen molar-refractivity contribution >= 4 is 23.5 Å². The SMILES string of the molecule is CCC(Oc1ccccc1Cl)C(=O)NC1(CC(=O)O)CCOC1. The van der Waals surface area contributed by atoms with E-state index < -0.39 is 17.6 Å². The Labute approximate surface area is 139 Å². The minimum Gasteiger partial charge on any atom is -0.481 e. The maximum atomic E-state index is 12.5. The van der Waals surface area contributed by atoms with E-state index in [-0.39, 0.29) is 18.9 Å². The zero-order chi connectivity index (χ0) is 16.9. The summed E-state index contributed by atoms with van der Waals surface area (Å²) in [6.07, 6.45) is -0.0308. The number of para-hydroxylation sites is 1. The average Bonchev–Trinajstić information content (AvgIpc) is 2.93. The fourth-order valence-corrected chi connectivity index (χ4v) is 2.72. The number of rotatable bonds is 7. The largest absolute Gasteiger partial charge is 0.481 e. The number of carboxylic acid groups (broad SMARTS) is 1. The molecule has 1 aliphatic rings. The third-order valence-electron chi connectivity index (χ3n) is 3.75. The fraction of sp³-hybridized carbons (Fsp3) is 0.500. The van der Waals surface area contributed by atoms with E-state index in [0.717, 1.165) is 0 Å². The number of aliphatic carboxylic acids is 1. The van der Waals surface area contributed by atoms with Crippen LogP contribution in [-0.2, 0) is 14.3 Å². The summed E-state index contributed by atoms with van der Waals surface area (Å²) in [5, 5.41) is 12.3. The van der Waals surface area contributed by atoms with Crippen molar-refractivity contribution in [1.82, 2.24) is 5.32 Å². The molecule has 1 amide bonds. The summed E-state index contributed by atoms with van der Waals surface area (Å²) in [7, 11) is 0. The number of halogens is 1. The monoisotopic (exact) mass is 341 g/mol. The third-order valence-corrected chi connectivity index (χ3v) is 4.06. The van der Waals surface area contributed by atoms with E-state index in [9.17, 15) is 9.59 Å². The second kappa shape index (κ2) is 7.66. The van der Waals surface area contributed by atoms with Crippen molar-refractivity contribution in [2.24, 2.45) is 0 Å². The molecule has 6 nitrogen and oxygen atoms in total. The summed E-state index contributed by atoms with van der Waals surface area (Å²) in [6, 6.07) is 6.90. The van der Waals surface area contributed by atoms with E-state index in [2.05, 4.69) is 5.32 Å². The second-order valence-corrected chi connectivity index (χ2v) is 6.00. The zero-order valence-corrected chi connectivity index (χ0v) is 13.6. The molecule has 0 aromatic heterocycles. The average molecular weight is 342 g/mol. The van der Waals surface area contributed by atoms with Crippen molar-refractivity contribution in [3.05, 3.63) is 29.3 Å². The number of carboxylic acids is 1. The quantitative estimate of drug-likeness (QED) is 0.794. The molecule has 1 aliphatic heterocycles. The molecule has 0 aliphatic carbocycles. The van der Waals surface area contributed by atoms with Gasteiger partial charge in [-0.1, -0.05) is 30.7 Å². The van der Waals surface area contributed by atoms with Crippen molar-refractivity contribution < 1.29 is 24.2 Å². The second-order valence-electron chi connectivity index (χ2n) is 5.59. The van der Waals surface area contributed by atoms with Gasteiger partial charge in [0, 0.05) is 6.61 Å². The Hall–Kier alpha value is -1.79. The van der Waals surface area contributed by atoms with Crippen molar-refractivity contribution in [1.29, 1.82) is 0 Å². The Morgan fingerprint density at radius 2 is 2.22 bits per heavy atom. The van der Waals surface area contributed by atoms with E-state index in [1.165, 1.54) is 0 Å². The highest BCUT2D eigenvalue weighted by Crippen LogP contribution is 2.26. The molecule has 1 saturated heterocycles. The van der Waals surface area contributed by atoms with Crippen LogP contribution in [0.4, 0.5) is 0 Å². The van der Waals surface area contributed by atoms with Crippen molar-refractivity contribution in [3.63, 3.8) is 0 Å². The lowest BCUT2D eigenvalue weighted by Gasteiger charge is -2.29. The molecule has 2 unspecified atom stereocenters. The summed E-state index contributed by atoms with van der Waals surface area (Å²) >= 11 is 6.04.